The van der Waals surface area contributed by atoms with Gasteiger partial charge < -0.3 is 14.8 Å². The minimum atomic E-state index is -0.845. The lowest BCUT2D eigenvalue weighted by molar-refractivity contribution is 0.0169. The van der Waals surface area contributed by atoms with Crippen molar-refractivity contribution >= 4 is 44.2 Å². The van der Waals surface area contributed by atoms with Gasteiger partial charge in [-0.05, 0) is 30.3 Å². The maximum Gasteiger partial charge on any atom is 0.277 e. The van der Waals surface area contributed by atoms with Crippen molar-refractivity contribution in [1.82, 2.24) is 5.48 Å². The lowest BCUT2D eigenvalue weighted by Gasteiger charge is -2.14. The molecule has 0 spiro atoms. The van der Waals surface area contributed by atoms with Gasteiger partial charge in [-0.1, -0.05) is 15.9 Å². The number of benzene rings is 2. The van der Waals surface area contributed by atoms with Crippen molar-refractivity contribution in [3.05, 3.63) is 58.3 Å². The number of anilines is 2. The molecule has 3 aromatic rings. The van der Waals surface area contributed by atoms with Crippen molar-refractivity contribution in [1.29, 1.82) is 0 Å². The molecule has 6 nitrogen and oxygen atoms in total. The maximum absolute atomic E-state index is 14.9. The standard InChI is InChI=1S/C17H13BrF2N2O4/c18-10-1-2-13(12(19)8-10)21-15-11(17(24)22-26-6-4-23)7-9-3-5-25-16(9)14(15)20/h1-3,5,7-8,21,23H,4,6H2,(H,22,24). The first kappa shape index (κ1) is 18.3. The van der Waals surface area contributed by atoms with Gasteiger partial charge in [0.15, 0.2) is 11.4 Å². The second-order valence-corrected chi connectivity index (χ2v) is 6.12. The van der Waals surface area contributed by atoms with Gasteiger partial charge in [0.25, 0.3) is 5.91 Å². The first-order valence-electron chi connectivity index (χ1n) is 7.46. The number of halogens is 3. The summed E-state index contributed by atoms with van der Waals surface area (Å²) in [5.41, 5.74) is 1.62. The fourth-order valence-electron chi connectivity index (χ4n) is 2.31. The Labute approximate surface area is 154 Å². The van der Waals surface area contributed by atoms with Crippen molar-refractivity contribution < 1.29 is 27.9 Å². The third-order valence-electron chi connectivity index (χ3n) is 3.48. The van der Waals surface area contributed by atoms with Gasteiger partial charge in [-0.25, -0.2) is 14.3 Å². The molecule has 0 saturated carbocycles. The number of hydrogen-bond acceptors (Lipinski definition) is 5. The van der Waals surface area contributed by atoms with Gasteiger partial charge in [-0.2, -0.15) is 0 Å². The van der Waals surface area contributed by atoms with Crippen LogP contribution in [-0.2, 0) is 4.84 Å². The van der Waals surface area contributed by atoms with Crippen LogP contribution in [-0.4, -0.2) is 24.2 Å². The van der Waals surface area contributed by atoms with E-state index >= 15 is 0 Å². The average molecular weight is 427 g/mol. The summed E-state index contributed by atoms with van der Waals surface area (Å²) < 4.78 is 34.6. The number of aliphatic hydroxyl groups excluding tert-OH is 1. The molecule has 2 aromatic carbocycles. The summed E-state index contributed by atoms with van der Waals surface area (Å²) in [5, 5.41) is 11.7. The molecule has 1 aromatic heterocycles. The quantitative estimate of drug-likeness (QED) is 0.411. The zero-order valence-electron chi connectivity index (χ0n) is 13.2. The highest BCUT2D eigenvalue weighted by molar-refractivity contribution is 9.10. The van der Waals surface area contributed by atoms with Gasteiger partial charge in [0, 0.05) is 9.86 Å². The van der Waals surface area contributed by atoms with Gasteiger partial charge in [0.1, 0.15) is 5.82 Å². The molecular weight excluding hydrogens is 414 g/mol. The lowest BCUT2D eigenvalue weighted by atomic mass is 10.1. The van der Waals surface area contributed by atoms with Crippen molar-refractivity contribution in [3.8, 4) is 0 Å². The third kappa shape index (κ3) is 3.69. The Morgan fingerprint density at radius 3 is 2.81 bits per heavy atom. The maximum atomic E-state index is 14.9. The van der Waals surface area contributed by atoms with E-state index in [1.807, 2.05) is 0 Å². The van der Waals surface area contributed by atoms with Gasteiger partial charge in [0.2, 0.25) is 0 Å². The molecule has 0 fully saturated rings. The highest BCUT2D eigenvalue weighted by atomic mass is 79.9. The summed E-state index contributed by atoms with van der Waals surface area (Å²) in [6.45, 7) is -0.434. The molecule has 0 aliphatic rings. The van der Waals surface area contributed by atoms with Crippen LogP contribution in [0.2, 0.25) is 0 Å². The number of furan rings is 1. The first-order valence-corrected chi connectivity index (χ1v) is 8.25. The van der Waals surface area contributed by atoms with E-state index in [0.29, 0.717) is 9.86 Å². The number of hydroxylamine groups is 1. The van der Waals surface area contributed by atoms with E-state index in [4.69, 9.17) is 14.4 Å². The van der Waals surface area contributed by atoms with Gasteiger partial charge >= 0.3 is 0 Å². The average Bonchev–Trinajstić information content (AvgIpc) is 3.08. The van der Waals surface area contributed by atoms with Crippen molar-refractivity contribution in [3.63, 3.8) is 0 Å². The molecule has 0 aliphatic carbocycles. The number of carbonyl (C=O) groups excluding carboxylic acids is 1. The first-order chi connectivity index (χ1) is 12.5. The van der Waals surface area contributed by atoms with Crippen LogP contribution in [0, 0.1) is 11.6 Å². The molecule has 1 amide bonds. The Morgan fingerprint density at radius 1 is 1.27 bits per heavy atom. The van der Waals surface area contributed by atoms with Crippen LogP contribution in [0.3, 0.4) is 0 Å². The van der Waals surface area contributed by atoms with E-state index in [2.05, 4.69) is 26.7 Å². The Kier molecular flexibility index (Phi) is 5.50. The fourth-order valence-corrected chi connectivity index (χ4v) is 2.65. The number of aliphatic hydroxyl groups is 1. The predicted molar refractivity (Wildman–Crippen MR) is 94.1 cm³/mol. The monoisotopic (exact) mass is 426 g/mol. The summed E-state index contributed by atoms with van der Waals surface area (Å²) in [4.78, 5) is 17.1. The number of fused-ring (bicyclic) bond motifs is 1. The number of rotatable bonds is 6. The summed E-state index contributed by atoms with van der Waals surface area (Å²) in [6.07, 6.45) is 1.28. The summed E-state index contributed by atoms with van der Waals surface area (Å²) >= 11 is 3.14. The van der Waals surface area contributed by atoms with Gasteiger partial charge in [-0.15, -0.1) is 0 Å². The number of carbonyl (C=O) groups is 1. The second kappa shape index (κ2) is 7.81. The van der Waals surface area contributed by atoms with Crippen LogP contribution in [0.15, 0.2) is 45.5 Å². The smallest absolute Gasteiger partial charge is 0.277 e. The topological polar surface area (TPSA) is 83.7 Å². The van der Waals surface area contributed by atoms with E-state index in [0.717, 1.165) is 0 Å². The SMILES string of the molecule is O=C(NOCCO)c1cc2ccoc2c(F)c1Nc1ccc(Br)cc1F. The number of hydrogen-bond donors (Lipinski definition) is 3. The molecule has 136 valence electrons. The van der Waals surface area contributed by atoms with Crippen molar-refractivity contribution in [2.45, 2.75) is 0 Å². The van der Waals surface area contributed by atoms with E-state index in [9.17, 15) is 13.6 Å². The van der Waals surface area contributed by atoms with Gasteiger partial charge in [0.05, 0.1) is 36.4 Å². The summed E-state index contributed by atoms with van der Waals surface area (Å²) in [6, 6.07) is 7.05. The van der Waals surface area contributed by atoms with E-state index < -0.39 is 17.5 Å². The molecule has 3 N–H and O–H groups in total. The minimum Gasteiger partial charge on any atom is -0.461 e. The molecule has 9 heteroatoms. The highest BCUT2D eigenvalue weighted by Gasteiger charge is 2.22. The van der Waals surface area contributed by atoms with Crippen LogP contribution >= 0.6 is 15.9 Å². The Hall–Kier alpha value is -2.49. The molecule has 0 saturated heterocycles. The molecule has 0 bridgehead atoms. The van der Waals surface area contributed by atoms with Crippen LogP contribution in [0.4, 0.5) is 20.2 Å². The second-order valence-electron chi connectivity index (χ2n) is 5.20. The number of nitrogens with one attached hydrogen (secondary N) is 2. The van der Waals surface area contributed by atoms with E-state index in [-0.39, 0.29) is 35.7 Å². The Bertz CT molecular complexity index is 961. The molecule has 1 heterocycles. The lowest BCUT2D eigenvalue weighted by Crippen LogP contribution is -2.26. The van der Waals surface area contributed by atoms with E-state index in [1.165, 1.54) is 30.5 Å². The zero-order valence-corrected chi connectivity index (χ0v) is 14.8. The fraction of sp³-hybridized carbons (Fsp3) is 0.118. The van der Waals surface area contributed by atoms with Gasteiger partial charge in [-0.3, -0.25) is 9.63 Å². The molecule has 0 atom stereocenters. The van der Waals surface area contributed by atoms with Crippen molar-refractivity contribution in [2.75, 3.05) is 18.5 Å². The Morgan fingerprint density at radius 2 is 2.08 bits per heavy atom. The Balaban J connectivity index is 2.04. The number of amides is 1. The molecule has 0 aliphatic heterocycles. The van der Waals surface area contributed by atoms with Crippen molar-refractivity contribution in [2.24, 2.45) is 0 Å². The zero-order chi connectivity index (χ0) is 18.7. The molecule has 26 heavy (non-hydrogen) atoms. The molecule has 0 radical (unpaired) electrons. The normalized spacial score (nSPS) is 10.9. The molecule has 0 unspecified atom stereocenters. The summed E-state index contributed by atoms with van der Waals surface area (Å²) in [5.74, 6) is -2.25. The molecular formula is C17H13BrF2N2O4. The van der Waals surface area contributed by atoms with Crippen LogP contribution in [0.5, 0.6) is 0 Å². The van der Waals surface area contributed by atoms with E-state index in [1.54, 1.807) is 6.07 Å². The largest absolute Gasteiger partial charge is 0.461 e. The summed E-state index contributed by atoms with van der Waals surface area (Å²) in [7, 11) is 0. The highest BCUT2D eigenvalue weighted by Crippen LogP contribution is 2.33. The van der Waals surface area contributed by atoms with Crippen LogP contribution in [0.1, 0.15) is 10.4 Å². The third-order valence-corrected chi connectivity index (χ3v) is 3.97. The minimum absolute atomic E-state index is 0.0247. The van der Waals surface area contributed by atoms with Crippen LogP contribution < -0.4 is 10.8 Å². The predicted octanol–water partition coefficient (Wildman–Crippen LogP) is 3.87. The molecule has 3 rings (SSSR count). The van der Waals surface area contributed by atoms with Crippen LogP contribution in [0.25, 0.3) is 11.0 Å².